The Balaban J connectivity index is 1.47. The molecule has 6 heteroatoms. The van der Waals surface area contributed by atoms with Gasteiger partial charge in [0, 0.05) is 41.0 Å². The zero-order valence-corrected chi connectivity index (χ0v) is 17.6. The van der Waals surface area contributed by atoms with Crippen molar-refractivity contribution in [3.63, 3.8) is 0 Å². The fraction of sp³-hybridized carbons (Fsp3) is 0.333. The van der Waals surface area contributed by atoms with Crippen molar-refractivity contribution in [1.29, 1.82) is 0 Å². The molecular weight excluding hydrogens is 378 g/mol. The number of carbonyl (C=O) groups excluding carboxylic acids is 2. The standard InChI is InChI=1S/C24H27N3O3/c1-15-7-9-21-19(11-15)20-12-16(8-10-22(20)26-21)24(29)27(2)14-23(28)25-17-5-4-6-18(13-17)30-3/h4-6,8,10,12-13,15,26H,7,9,11,14H2,1-3H3,(H,25,28). The molecule has 0 aliphatic heterocycles. The largest absolute Gasteiger partial charge is 0.497 e. The number of benzene rings is 2. The Morgan fingerprint density at radius 3 is 2.87 bits per heavy atom. The number of aryl methyl sites for hydroxylation is 1. The summed E-state index contributed by atoms with van der Waals surface area (Å²) in [5.74, 6) is 0.887. The molecule has 2 amide bonds. The van der Waals surface area contributed by atoms with Gasteiger partial charge < -0.3 is 19.9 Å². The number of carbonyl (C=O) groups is 2. The van der Waals surface area contributed by atoms with Gasteiger partial charge in [0.05, 0.1) is 13.7 Å². The van der Waals surface area contributed by atoms with Crippen molar-refractivity contribution >= 4 is 28.4 Å². The van der Waals surface area contributed by atoms with E-state index in [2.05, 4.69) is 17.2 Å². The van der Waals surface area contributed by atoms with Crippen LogP contribution in [0.4, 0.5) is 5.69 Å². The zero-order valence-electron chi connectivity index (χ0n) is 17.6. The minimum Gasteiger partial charge on any atom is -0.497 e. The molecule has 1 heterocycles. The van der Waals surface area contributed by atoms with Gasteiger partial charge in [-0.2, -0.15) is 0 Å². The number of H-pyrrole nitrogens is 1. The Morgan fingerprint density at radius 2 is 2.07 bits per heavy atom. The third kappa shape index (κ3) is 4.03. The van der Waals surface area contributed by atoms with Gasteiger partial charge >= 0.3 is 0 Å². The van der Waals surface area contributed by atoms with Crippen LogP contribution in [0.3, 0.4) is 0 Å². The third-order valence-electron chi connectivity index (χ3n) is 5.76. The summed E-state index contributed by atoms with van der Waals surface area (Å²) in [7, 11) is 3.22. The molecule has 0 saturated carbocycles. The highest BCUT2D eigenvalue weighted by atomic mass is 16.5. The maximum absolute atomic E-state index is 12.9. The number of rotatable bonds is 5. The highest BCUT2D eigenvalue weighted by molar-refractivity contribution is 6.02. The smallest absolute Gasteiger partial charge is 0.254 e. The Kier molecular flexibility index (Phi) is 5.48. The van der Waals surface area contributed by atoms with Crippen molar-refractivity contribution in [3.8, 4) is 5.75 Å². The van der Waals surface area contributed by atoms with Crippen LogP contribution in [0.25, 0.3) is 10.9 Å². The van der Waals surface area contributed by atoms with Gasteiger partial charge in [0.1, 0.15) is 5.75 Å². The topological polar surface area (TPSA) is 74.4 Å². The van der Waals surface area contributed by atoms with Gasteiger partial charge in [-0.3, -0.25) is 9.59 Å². The van der Waals surface area contributed by atoms with Crippen LogP contribution in [0.5, 0.6) is 5.75 Å². The molecule has 3 aromatic rings. The normalized spacial score (nSPS) is 15.5. The molecule has 1 unspecified atom stereocenters. The number of nitrogens with one attached hydrogen (secondary N) is 2. The fourth-order valence-electron chi connectivity index (χ4n) is 4.13. The highest BCUT2D eigenvalue weighted by Crippen LogP contribution is 2.32. The third-order valence-corrected chi connectivity index (χ3v) is 5.76. The van der Waals surface area contributed by atoms with Gasteiger partial charge in [-0.25, -0.2) is 0 Å². The molecule has 4 rings (SSSR count). The SMILES string of the molecule is COc1cccc(NC(=O)CN(C)C(=O)c2ccc3[nH]c4c(c3c2)CC(C)CC4)c1. The second-order valence-electron chi connectivity index (χ2n) is 8.13. The number of methoxy groups -OCH3 is 1. The van der Waals surface area contributed by atoms with Crippen LogP contribution in [-0.2, 0) is 17.6 Å². The van der Waals surface area contributed by atoms with Crippen LogP contribution in [0, 0.1) is 5.92 Å². The van der Waals surface area contributed by atoms with Crippen molar-refractivity contribution in [3.05, 3.63) is 59.3 Å². The van der Waals surface area contributed by atoms with Gasteiger partial charge in [0.2, 0.25) is 5.91 Å². The van der Waals surface area contributed by atoms with Crippen molar-refractivity contribution < 1.29 is 14.3 Å². The number of likely N-dealkylation sites (N-methyl/N-ethyl adjacent to an activating group) is 1. The molecule has 0 fully saturated rings. The summed E-state index contributed by atoms with van der Waals surface area (Å²) in [4.78, 5) is 30.3. The number of fused-ring (bicyclic) bond motifs is 3. The summed E-state index contributed by atoms with van der Waals surface area (Å²) in [6.07, 6.45) is 3.28. The van der Waals surface area contributed by atoms with Crippen LogP contribution in [-0.4, -0.2) is 42.4 Å². The van der Waals surface area contributed by atoms with E-state index < -0.39 is 0 Å². The van der Waals surface area contributed by atoms with Crippen LogP contribution in [0.15, 0.2) is 42.5 Å². The van der Waals surface area contributed by atoms with E-state index >= 15 is 0 Å². The van der Waals surface area contributed by atoms with E-state index in [1.807, 2.05) is 24.3 Å². The Bertz CT molecular complexity index is 1100. The van der Waals surface area contributed by atoms with Crippen molar-refractivity contribution in [2.45, 2.75) is 26.2 Å². The molecule has 156 valence electrons. The zero-order chi connectivity index (χ0) is 21.3. The summed E-state index contributed by atoms with van der Waals surface area (Å²) >= 11 is 0. The summed E-state index contributed by atoms with van der Waals surface area (Å²) in [6, 6.07) is 12.9. The molecule has 0 saturated heterocycles. The monoisotopic (exact) mass is 405 g/mol. The van der Waals surface area contributed by atoms with Crippen molar-refractivity contribution in [1.82, 2.24) is 9.88 Å². The molecule has 1 aliphatic carbocycles. The number of hydrogen-bond donors (Lipinski definition) is 2. The molecule has 2 N–H and O–H groups in total. The van der Waals surface area contributed by atoms with E-state index in [-0.39, 0.29) is 18.4 Å². The second-order valence-corrected chi connectivity index (χ2v) is 8.13. The molecule has 0 spiro atoms. The van der Waals surface area contributed by atoms with E-state index in [1.165, 1.54) is 22.6 Å². The number of aromatic amines is 1. The number of hydrogen-bond acceptors (Lipinski definition) is 3. The Morgan fingerprint density at radius 1 is 1.23 bits per heavy atom. The first kappa shape index (κ1) is 20.0. The van der Waals surface area contributed by atoms with Gasteiger partial charge in [0.25, 0.3) is 5.91 Å². The van der Waals surface area contributed by atoms with Gasteiger partial charge in [-0.05, 0) is 61.1 Å². The molecule has 1 aromatic heterocycles. The molecule has 0 bridgehead atoms. The number of anilines is 1. The van der Waals surface area contributed by atoms with Crippen LogP contribution < -0.4 is 10.1 Å². The lowest BCUT2D eigenvalue weighted by molar-refractivity contribution is -0.116. The molecule has 6 nitrogen and oxygen atoms in total. The lowest BCUT2D eigenvalue weighted by Crippen LogP contribution is -2.34. The first-order chi connectivity index (χ1) is 14.4. The average molecular weight is 405 g/mol. The van der Waals surface area contributed by atoms with E-state index in [0.29, 0.717) is 22.9 Å². The first-order valence-electron chi connectivity index (χ1n) is 10.3. The summed E-state index contributed by atoms with van der Waals surface area (Å²) in [5.41, 5.74) is 4.92. The molecular formula is C24H27N3O3. The highest BCUT2D eigenvalue weighted by Gasteiger charge is 2.22. The Labute approximate surface area is 176 Å². The first-order valence-corrected chi connectivity index (χ1v) is 10.3. The lowest BCUT2D eigenvalue weighted by Gasteiger charge is -2.19. The molecule has 1 atom stereocenters. The lowest BCUT2D eigenvalue weighted by atomic mass is 9.87. The predicted molar refractivity (Wildman–Crippen MR) is 118 cm³/mol. The Hall–Kier alpha value is -3.28. The van der Waals surface area contributed by atoms with Crippen LogP contribution in [0.2, 0.25) is 0 Å². The van der Waals surface area contributed by atoms with E-state index in [9.17, 15) is 9.59 Å². The number of aromatic nitrogens is 1. The quantitative estimate of drug-likeness (QED) is 0.673. The molecule has 2 aromatic carbocycles. The summed E-state index contributed by atoms with van der Waals surface area (Å²) in [6.45, 7) is 2.24. The van der Waals surface area contributed by atoms with Crippen molar-refractivity contribution in [2.75, 3.05) is 26.0 Å². The van der Waals surface area contributed by atoms with Gasteiger partial charge in [-0.1, -0.05) is 13.0 Å². The van der Waals surface area contributed by atoms with Crippen molar-refractivity contribution in [2.24, 2.45) is 5.92 Å². The fourth-order valence-corrected chi connectivity index (χ4v) is 4.13. The van der Waals surface area contributed by atoms with E-state index in [4.69, 9.17) is 4.74 Å². The maximum Gasteiger partial charge on any atom is 0.254 e. The van der Waals surface area contributed by atoms with E-state index in [1.54, 1.807) is 32.4 Å². The molecule has 1 aliphatic rings. The number of ether oxygens (including phenoxy) is 1. The summed E-state index contributed by atoms with van der Waals surface area (Å²) < 4.78 is 5.17. The molecule has 0 radical (unpaired) electrons. The molecule has 30 heavy (non-hydrogen) atoms. The maximum atomic E-state index is 12.9. The van der Waals surface area contributed by atoms with Crippen LogP contribution in [0.1, 0.15) is 35.0 Å². The van der Waals surface area contributed by atoms with E-state index in [0.717, 1.165) is 23.7 Å². The minimum atomic E-state index is -0.256. The average Bonchev–Trinajstić information content (AvgIpc) is 3.10. The minimum absolute atomic E-state index is 0.0314. The number of amides is 2. The van der Waals surface area contributed by atoms with Gasteiger partial charge in [-0.15, -0.1) is 0 Å². The van der Waals surface area contributed by atoms with Crippen LogP contribution >= 0.6 is 0 Å². The summed E-state index contributed by atoms with van der Waals surface area (Å²) in [5, 5.41) is 3.93. The predicted octanol–water partition coefficient (Wildman–Crippen LogP) is 4.01. The number of nitrogens with zero attached hydrogens (tertiary/aromatic N) is 1. The second kappa shape index (κ2) is 8.22. The van der Waals surface area contributed by atoms with Gasteiger partial charge in [0.15, 0.2) is 0 Å².